The maximum atomic E-state index is 13.0. The molecule has 5 heteroatoms. The van der Waals surface area contributed by atoms with Gasteiger partial charge in [0.05, 0.1) is 0 Å². The summed E-state index contributed by atoms with van der Waals surface area (Å²) in [6.07, 6.45) is 1.50. The van der Waals surface area contributed by atoms with Crippen molar-refractivity contribution in [2.24, 2.45) is 0 Å². The van der Waals surface area contributed by atoms with Crippen molar-refractivity contribution < 1.29 is 4.39 Å². The standard InChI is InChI=1S/C12H12FN3S/c1-2-14-11-7-12(16-8-15-11)17-10-5-3-4-9(13)6-10/h3-8H,2H2,1H3,(H,14,15,16). The molecule has 3 nitrogen and oxygen atoms in total. The van der Waals surface area contributed by atoms with Gasteiger partial charge in [0.1, 0.15) is 23.0 Å². The van der Waals surface area contributed by atoms with Crippen molar-refractivity contribution in [3.05, 3.63) is 42.5 Å². The molecule has 0 saturated carbocycles. The van der Waals surface area contributed by atoms with Gasteiger partial charge in [-0.2, -0.15) is 0 Å². The number of anilines is 1. The summed E-state index contributed by atoms with van der Waals surface area (Å²) in [5, 5.41) is 3.90. The van der Waals surface area contributed by atoms with Crippen molar-refractivity contribution in [2.45, 2.75) is 16.8 Å². The summed E-state index contributed by atoms with van der Waals surface area (Å²) in [6.45, 7) is 2.81. The lowest BCUT2D eigenvalue weighted by molar-refractivity contribution is 0.624. The Morgan fingerprint density at radius 3 is 2.94 bits per heavy atom. The Hall–Kier alpha value is -1.62. The fourth-order valence-corrected chi connectivity index (χ4v) is 2.15. The van der Waals surface area contributed by atoms with Crippen molar-refractivity contribution in [1.29, 1.82) is 0 Å². The second kappa shape index (κ2) is 5.63. The average molecular weight is 249 g/mol. The molecule has 2 rings (SSSR count). The molecule has 0 unspecified atom stereocenters. The number of halogens is 1. The van der Waals surface area contributed by atoms with Crippen molar-refractivity contribution in [3.63, 3.8) is 0 Å². The molecule has 0 aliphatic carbocycles. The van der Waals surface area contributed by atoms with E-state index in [0.29, 0.717) is 0 Å². The Balaban J connectivity index is 2.15. The van der Waals surface area contributed by atoms with Crippen molar-refractivity contribution in [2.75, 3.05) is 11.9 Å². The van der Waals surface area contributed by atoms with Gasteiger partial charge in [-0.1, -0.05) is 17.8 Å². The van der Waals surface area contributed by atoms with Crippen LogP contribution in [-0.4, -0.2) is 16.5 Å². The van der Waals surface area contributed by atoms with Crippen LogP contribution in [0.15, 0.2) is 46.6 Å². The van der Waals surface area contributed by atoms with Crippen molar-refractivity contribution in [3.8, 4) is 0 Å². The van der Waals surface area contributed by atoms with E-state index in [-0.39, 0.29) is 5.82 Å². The summed E-state index contributed by atoms with van der Waals surface area (Å²) in [4.78, 5) is 9.04. The van der Waals surface area contributed by atoms with Crippen LogP contribution in [0.1, 0.15) is 6.92 Å². The highest BCUT2D eigenvalue weighted by Gasteiger charge is 2.01. The first-order valence-corrected chi connectivity index (χ1v) is 6.09. The number of rotatable bonds is 4. The van der Waals surface area contributed by atoms with Gasteiger partial charge in [-0.3, -0.25) is 0 Å². The minimum atomic E-state index is -0.240. The normalized spacial score (nSPS) is 10.2. The molecule has 0 atom stereocenters. The molecular formula is C12H12FN3S. The monoisotopic (exact) mass is 249 g/mol. The third-order valence-electron chi connectivity index (χ3n) is 2.02. The Labute approximate surface area is 103 Å². The van der Waals surface area contributed by atoms with Crippen LogP contribution in [0, 0.1) is 5.82 Å². The van der Waals surface area contributed by atoms with Crippen LogP contribution in [0.25, 0.3) is 0 Å². The number of hydrogen-bond donors (Lipinski definition) is 1. The van der Waals surface area contributed by atoms with E-state index in [2.05, 4.69) is 15.3 Å². The molecule has 1 aromatic carbocycles. The van der Waals surface area contributed by atoms with Gasteiger partial charge >= 0.3 is 0 Å². The number of benzene rings is 1. The quantitative estimate of drug-likeness (QED) is 0.844. The Morgan fingerprint density at radius 2 is 2.18 bits per heavy atom. The van der Waals surface area contributed by atoms with E-state index in [0.717, 1.165) is 22.3 Å². The molecule has 1 aromatic heterocycles. The van der Waals surface area contributed by atoms with E-state index in [1.165, 1.54) is 30.2 Å². The molecule has 1 N–H and O–H groups in total. The van der Waals surface area contributed by atoms with Gasteiger partial charge in [-0.05, 0) is 25.1 Å². The van der Waals surface area contributed by atoms with Crippen molar-refractivity contribution in [1.82, 2.24) is 9.97 Å². The average Bonchev–Trinajstić information content (AvgIpc) is 2.30. The number of nitrogens with one attached hydrogen (secondary N) is 1. The van der Waals surface area contributed by atoms with Crippen molar-refractivity contribution >= 4 is 17.6 Å². The third kappa shape index (κ3) is 3.42. The van der Waals surface area contributed by atoms with Gasteiger partial charge in [0, 0.05) is 17.5 Å². The van der Waals surface area contributed by atoms with E-state index >= 15 is 0 Å². The van der Waals surface area contributed by atoms with Crippen LogP contribution in [0.2, 0.25) is 0 Å². The number of aromatic nitrogens is 2. The molecule has 0 aliphatic heterocycles. The lowest BCUT2D eigenvalue weighted by Gasteiger charge is -2.04. The van der Waals surface area contributed by atoms with Gasteiger partial charge in [0.2, 0.25) is 0 Å². The second-order valence-electron chi connectivity index (χ2n) is 3.33. The Kier molecular flexibility index (Phi) is 3.93. The second-order valence-corrected chi connectivity index (χ2v) is 4.43. The van der Waals surface area contributed by atoms with Gasteiger partial charge < -0.3 is 5.32 Å². The summed E-state index contributed by atoms with van der Waals surface area (Å²) >= 11 is 1.41. The maximum Gasteiger partial charge on any atom is 0.130 e. The number of hydrogen-bond acceptors (Lipinski definition) is 4. The Bertz CT molecular complexity index is 505. The fourth-order valence-electron chi connectivity index (χ4n) is 1.32. The van der Waals surface area contributed by atoms with Crippen LogP contribution in [0.4, 0.5) is 10.2 Å². The lowest BCUT2D eigenvalue weighted by atomic mass is 10.4. The highest BCUT2D eigenvalue weighted by Crippen LogP contribution is 2.26. The van der Waals surface area contributed by atoms with E-state index in [1.807, 2.05) is 19.1 Å². The highest BCUT2D eigenvalue weighted by atomic mass is 32.2. The SMILES string of the molecule is CCNc1cc(Sc2cccc(F)c2)ncn1. The molecule has 88 valence electrons. The third-order valence-corrected chi connectivity index (χ3v) is 2.94. The van der Waals surface area contributed by atoms with Crippen LogP contribution in [-0.2, 0) is 0 Å². The topological polar surface area (TPSA) is 37.8 Å². The van der Waals surface area contributed by atoms with Crippen LogP contribution >= 0.6 is 11.8 Å². The molecule has 0 spiro atoms. The number of nitrogens with zero attached hydrogens (tertiary/aromatic N) is 2. The maximum absolute atomic E-state index is 13.0. The zero-order valence-corrected chi connectivity index (χ0v) is 10.2. The lowest BCUT2D eigenvalue weighted by Crippen LogP contribution is -1.99. The molecule has 2 aromatic rings. The molecular weight excluding hydrogens is 237 g/mol. The van der Waals surface area contributed by atoms with E-state index in [4.69, 9.17) is 0 Å². The zero-order valence-electron chi connectivity index (χ0n) is 9.35. The van der Waals surface area contributed by atoms with Gasteiger partial charge in [-0.15, -0.1) is 0 Å². The zero-order chi connectivity index (χ0) is 12.1. The summed E-state index contributed by atoms with van der Waals surface area (Å²) in [5.41, 5.74) is 0. The molecule has 0 radical (unpaired) electrons. The molecule has 1 heterocycles. The summed E-state index contributed by atoms with van der Waals surface area (Å²) in [6, 6.07) is 8.29. The summed E-state index contributed by atoms with van der Waals surface area (Å²) in [5.74, 6) is 0.539. The first-order valence-electron chi connectivity index (χ1n) is 5.27. The van der Waals surface area contributed by atoms with Gasteiger partial charge in [0.25, 0.3) is 0 Å². The first kappa shape index (κ1) is 11.9. The molecule has 0 fully saturated rings. The van der Waals surface area contributed by atoms with Gasteiger partial charge in [-0.25, -0.2) is 14.4 Å². The molecule has 0 amide bonds. The minimum Gasteiger partial charge on any atom is -0.370 e. The summed E-state index contributed by atoms with van der Waals surface area (Å²) in [7, 11) is 0. The molecule has 0 bridgehead atoms. The molecule has 0 saturated heterocycles. The fraction of sp³-hybridized carbons (Fsp3) is 0.167. The smallest absolute Gasteiger partial charge is 0.130 e. The van der Waals surface area contributed by atoms with E-state index in [9.17, 15) is 4.39 Å². The van der Waals surface area contributed by atoms with Crippen LogP contribution < -0.4 is 5.32 Å². The van der Waals surface area contributed by atoms with Crippen LogP contribution in [0.5, 0.6) is 0 Å². The van der Waals surface area contributed by atoms with Crippen LogP contribution in [0.3, 0.4) is 0 Å². The Morgan fingerprint density at radius 1 is 1.29 bits per heavy atom. The highest BCUT2D eigenvalue weighted by molar-refractivity contribution is 7.99. The summed E-state index contributed by atoms with van der Waals surface area (Å²) < 4.78 is 13.0. The predicted molar refractivity (Wildman–Crippen MR) is 66.7 cm³/mol. The van der Waals surface area contributed by atoms with E-state index < -0.39 is 0 Å². The van der Waals surface area contributed by atoms with E-state index in [1.54, 1.807) is 6.07 Å². The molecule has 0 aliphatic rings. The largest absolute Gasteiger partial charge is 0.370 e. The first-order chi connectivity index (χ1) is 8.28. The minimum absolute atomic E-state index is 0.240. The predicted octanol–water partition coefficient (Wildman–Crippen LogP) is 3.20. The molecule has 17 heavy (non-hydrogen) atoms. The van der Waals surface area contributed by atoms with Gasteiger partial charge in [0.15, 0.2) is 0 Å².